The molecule has 0 bridgehead atoms. The molecule has 3 rings (SSSR count). The lowest BCUT2D eigenvalue weighted by atomic mass is 10.2. The van der Waals surface area contributed by atoms with E-state index >= 15 is 0 Å². The Labute approximate surface area is 118 Å². The summed E-state index contributed by atoms with van der Waals surface area (Å²) in [7, 11) is 0. The van der Waals surface area contributed by atoms with Crippen molar-refractivity contribution < 1.29 is 0 Å². The van der Waals surface area contributed by atoms with Crippen LogP contribution in [0, 0.1) is 13.8 Å². The van der Waals surface area contributed by atoms with Crippen LogP contribution in [-0.4, -0.2) is 13.9 Å². The number of halogens is 1. The Hall–Kier alpha value is -1.72. The van der Waals surface area contributed by atoms with Gasteiger partial charge in [0.1, 0.15) is 5.39 Å². The van der Waals surface area contributed by atoms with Crippen LogP contribution in [0.4, 0.5) is 0 Å². The van der Waals surface area contributed by atoms with E-state index in [1.807, 2.05) is 31.2 Å². The van der Waals surface area contributed by atoms with Crippen molar-refractivity contribution in [2.45, 2.75) is 13.8 Å². The first-order chi connectivity index (χ1) is 9.09. The minimum atomic E-state index is -0.171. The van der Waals surface area contributed by atoms with E-state index in [-0.39, 0.29) is 10.8 Å². The van der Waals surface area contributed by atoms with Gasteiger partial charge in [0.15, 0.2) is 4.83 Å². The molecule has 0 spiro atoms. The SMILES string of the molecule is Cc1ccccc1-n1c(Cl)nc2snc(C)c2c1=O. The first kappa shape index (κ1) is 12.3. The quantitative estimate of drug-likeness (QED) is 0.647. The molecule has 0 atom stereocenters. The standard InChI is InChI=1S/C13H10ClN3OS/c1-7-5-3-4-6-9(7)17-12(18)10-8(2)16-19-11(10)15-13(17)14/h3-6H,1-2H3. The molecule has 96 valence electrons. The number of rotatable bonds is 1. The van der Waals surface area contributed by atoms with Crippen molar-refractivity contribution in [2.75, 3.05) is 0 Å². The average Bonchev–Trinajstić information content (AvgIpc) is 2.73. The van der Waals surface area contributed by atoms with Crippen molar-refractivity contribution in [1.82, 2.24) is 13.9 Å². The minimum absolute atomic E-state index is 0.162. The van der Waals surface area contributed by atoms with Crippen LogP contribution in [-0.2, 0) is 0 Å². The highest BCUT2D eigenvalue weighted by Gasteiger charge is 2.16. The molecule has 0 amide bonds. The second kappa shape index (κ2) is 4.43. The summed E-state index contributed by atoms with van der Waals surface area (Å²) in [6.45, 7) is 3.74. The number of fused-ring (bicyclic) bond motifs is 1. The van der Waals surface area contributed by atoms with Crippen LogP contribution in [0.2, 0.25) is 5.28 Å². The third-order valence-corrected chi connectivity index (χ3v) is 4.08. The third kappa shape index (κ3) is 1.86. The van der Waals surface area contributed by atoms with Gasteiger partial charge >= 0.3 is 0 Å². The zero-order valence-corrected chi connectivity index (χ0v) is 11.9. The maximum absolute atomic E-state index is 12.6. The number of aromatic nitrogens is 3. The Bertz CT molecular complexity index is 838. The highest BCUT2D eigenvalue weighted by Crippen LogP contribution is 2.22. The van der Waals surface area contributed by atoms with Gasteiger partial charge in [0, 0.05) is 0 Å². The smallest absolute Gasteiger partial charge is 0.268 e. The predicted molar refractivity (Wildman–Crippen MR) is 77.5 cm³/mol. The Morgan fingerprint density at radius 2 is 2.00 bits per heavy atom. The summed E-state index contributed by atoms with van der Waals surface area (Å²) < 4.78 is 5.59. The van der Waals surface area contributed by atoms with E-state index in [4.69, 9.17) is 11.6 Å². The molecule has 4 nitrogen and oxygen atoms in total. The van der Waals surface area contributed by atoms with Crippen molar-refractivity contribution in [3.8, 4) is 5.69 Å². The number of nitrogens with zero attached hydrogens (tertiary/aromatic N) is 3. The molecule has 0 saturated carbocycles. The molecule has 0 aliphatic rings. The van der Waals surface area contributed by atoms with E-state index in [9.17, 15) is 4.79 Å². The first-order valence-corrected chi connectivity index (χ1v) is 6.85. The van der Waals surface area contributed by atoms with E-state index in [1.165, 1.54) is 16.1 Å². The van der Waals surface area contributed by atoms with Crippen LogP contribution >= 0.6 is 23.1 Å². The maximum Gasteiger partial charge on any atom is 0.269 e. The maximum atomic E-state index is 12.6. The molecule has 0 unspecified atom stereocenters. The number of hydrogen-bond donors (Lipinski definition) is 0. The summed E-state index contributed by atoms with van der Waals surface area (Å²) in [5, 5.41) is 0.702. The molecule has 0 aliphatic heterocycles. The van der Waals surface area contributed by atoms with Crippen molar-refractivity contribution in [2.24, 2.45) is 0 Å². The summed E-state index contributed by atoms with van der Waals surface area (Å²) in [5.41, 5.74) is 2.23. The van der Waals surface area contributed by atoms with Gasteiger partial charge in [0.05, 0.1) is 11.4 Å². The van der Waals surface area contributed by atoms with Gasteiger partial charge in [-0.15, -0.1) is 0 Å². The van der Waals surface area contributed by atoms with Gasteiger partial charge in [0.25, 0.3) is 5.56 Å². The van der Waals surface area contributed by atoms with Crippen LogP contribution < -0.4 is 5.56 Å². The second-order valence-electron chi connectivity index (χ2n) is 4.26. The van der Waals surface area contributed by atoms with E-state index in [0.29, 0.717) is 15.9 Å². The number of benzene rings is 1. The van der Waals surface area contributed by atoms with Crippen molar-refractivity contribution in [3.05, 3.63) is 51.2 Å². The normalized spacial score (nSPS) is 11.1. The molecule has 6 heteroatoms. The van der Waals surface area contributed by atoms with E-state index < -0.39 is 0 Å². The molecule has 1 aromatic carbocycles. The van der Waals surface area contributed by atoms with Crippen LogP contribution in [0.1, 0.15) is 11.3 Å². The van der Waals surface area contributed by atoms with E-state index in [1.54, 1.807) is 6.92 Å². The summed E-state index contributed by atoms with van der Waals surface area (Å²) in [6, 6.07) is 7.57. The summed E-state index contributed by atoms with van der Waals surface area (Å²) in [6.07, 6.45) is 0. The average molecular weight is 292 g/mol. The Kier molecular flexibility index (Phi) is 2.88. The highest BCUT2D eigenvalue weighted by atomic mass is 35.5. The van der Waals surface area contributed by atoms with Crippen LogP contribution in [0.15, 0.2) is 29.1 Å². The summed E-state index contributed by atoms with van der Waals surface area (Å²) in [4.78, 5) is 17.4. The number of hydrogen-bond acceptors (Lipinski definition) is 4. The van der Waals surface area contributed by atoms with Gasteiger partial charge in [-0.3, -0.25) is 9.36 Å². The lowest BCUT2D eigenvalue weighted by Gasteiger charge is -2.10. The molecule has 0 aliphatic carbocycles. The topological polar surface area (TPSA) is 47.8 Å². The number of aryl methyl sites for hydroxylation is 2. The van der Waals surface area contributed by atoms with E-state index in [2.05, 4.69) is 9.36 Å². The molecule has 19 heavy (non-hydrogen) atoms. The van der Waals surface area contributed by atoms with Gasteiger partial charge in [-0.05, 0) is 48.6 Å². The summed E-state index contributed by atoms with van der Waals surface area (Å²) >= 11 is 7.35. The largest absolute Gasteiger partial charge is 0.269 e. The molecular weight excluding hydrogens is 282 g/mol. The molecule has 0 fully saturated rings. The molecule has 0 radical (unpaired) electrons. The molecule has 2 aromatic heterocycles. The van der Waals surface area contributed by atoms with Crippen LogP contribution in [0.25, 0.3) is 15.9 Å². The minimum Gasteiger partial charge on any atom is -0.268 e. The monoisotopic (exact) mass is 291 g/mol. The van der Waals surface area contributed by atoms with Crippen LogP contribution in [0.3, 0.4) is 0 Å². The number of para-hydroxylation sites is 1. The molecule has 3 aromatic rings. The lowest BCUT2D eigenvalue weighted by molar-refractivity contribution is 0.955. The fourth-order valence-corrected chi connectivity index (χ4v) is 3.10. The molecule has 2 heterocycles. The molecular formula is C13H10ClN3OS. The van der Waals surface area contributed by atoms with Crippen molar-refractivity contribution in [1.29, 1.82) is 0 Å². The van der Waals surface area contributed by atoms with Crippen molar-refractivity contribution in [3.63, 3.8) is 0 Å². The Morgan fingerprint density at radius 1 is 1.26 bits per heavy atom. The first-order valence-electron chi connectivity index (χ1n) is 5.70. The fraction of sp³-hybridized carbons (Fsp3) is 0.154. The van der Waals surface area contributed by atoms with Gasteiger partial charge in [-0.2, -0.15) is 4.37 Å². The second-order valence-corrected chi connectivity index (χ2v) is 5.35. The van der Waals surface area contributed by atoms with Gasteiger partial charge in [-0.25, -0.2) is 4.98 Å². The Balaban J connectivity index is 2.45. The van der Waals surface area contributed by atoms with Gasteiger partial charge in [0.2, 0.25) is 5.28 Å². The molecule has 0 N–H and O–H groups in total. The highest BCUT2D eigenvalue weighted by molar-refractivity contribution is 7.12. The van der Waals surface area contributed by atoms with Crippen LogP contribution in [0.5, 0.6) is 0 Å². The van der Waals surface area contributed by atoms with Gasteiger partial charge < -0.3 is 0 Å². The predicted octanol–water partition coefficient (Wildman–Crippen LogP) is 3.11. The zero-order valence-electron chi connectivity index (χ0n) is 10.3. The third-order valence-electron chi connectivity index (χ3n) is 3.00. The van der Waals surface area contributed by atoms with E-state index in [0.717, 1.165) is 11.3 Å². The molecule has 0 saturated heterocycles. The summed E-state index contributed by atoms with van der Waals surface area (Å²) in [5.74, 6) is 0. The van der Waals surface area contributed by atoms with Gasteiger partial charge in [-0.1, -0.05) is 18.2 Å². The fourth-order valence-electron chi connectivity index (χ4n) is 2.03. The van der Waals surface area contributed by atoms with Crippen molar-refractivity contribution >= 4 is 33.4 Å². The lowest BCUT2D eigenvalue weighted by Crippen LogP contribution is -2.21. The zero-order chi connectivity index (χ0) is 13.6. The Morgan fingerprint density at radius 3 is 2.74 bits per heavy atom.